The Kier molecular flexibility index (Phi) is 8.67. The van der Waals surface area contributed by atoms with Crippen LogP contribution in [0.3, 0.4) is 0 Å². The molecule has 33 heavy (non-hydrogen) atoms. The fourth-order valence-corrected chi connectivity index (χ4v) is 4.74. The van der Waals surface area contributed by atoms with E-state index < -0.39 is 5.97 Å². The molecule has 2 heterocycles. The highest BCUT2D eigenvalue weighted by Crippen LogP contribution is 2.29. The smallest absolute Gasteiger partial charge is 0.341 e. The number of nitrogens with zero attached hydrogens (tertiary/aromatic N) is 3. The average Bonchev–Trinajstić information content (AvgIpc) is 3.36. The van der Waals surface area contributed by atoms with Crippen LogP contribution in [0.15, 0.2) is 48.1 Å². The third-order valence-corrected chi connectivity index (χ3v) is 6.50. The van der Waals surface area contributed by atoms with E-state index in [1.807, 2.05) is 35.8 Å². The molecule has 1 N–H and O–H groups in total. The van der Waals surface area contributed by atoms with Crippen molar-refractivity contribution in [1.82, 2.24) is 14.8 Å². The second-order valence-electron chi connectivity index (χ2n) is 6.98. The summed E-state index contributed by atoms with van der Waals surface area (Å²) in [4.78, 5) is 25.6. The maximum absolute atomic E-state index is 12.6. The summed E-state index contributed by atoms with van der Waals surface area (Å²) in [7, 11) is 1.63. The number of hydrogen-bond acceptors (Lipinski definition) is 8. The van der Waals surface area contributed by atoms with Gasteiger partial charge in [-0.05, 0) is 37.6 Å². The summed E-state index contributed by atoms with van der Waals surface area (Å²) in [5, 5.41) is 12.5. The van der Waals surface area contributed by atoms with Gasteiger partial charge < -0.3 is 19.4 Å². The van der Waals surface area contributed by atoms with Crippen LogP contribution >= 0.6 is 23.1 Å². The summed E-state index contributed by atoms with van der Waals surface area (Å²) in [5.41, 5.74) is 1.44. The Balaban J connectivity index is 1.67. The van der Waals surface area contributed by atoms with Crippen LogP contribution in [-0.2, 0) is 22.5 Å². The molecule has 0 saturated heterocycles. The molecular formula is C23H26N4O4S2. The SMILES string of the molecule is C=CCn1c(Cc2ccc(OC)cc2)nnc1SCC(=O)Nc1sc(C)cc1C(=O)OCC. The predicted molar refractivity (Wildman–Crippen MR) is 130 cm³/mol. The first-order valence-electron chi connectivity index (χ1n) is 10.3. The highest BCUT2D eigenvalue weighted by molar-refractivity contribution is 7.99. The lowest BCUT2D eigenvalue weighted by atomic mass is 10.1. The lowest BCUT2D eigenvalue weighted by Crippen LogP contribution is -2.16. The van der Waals surface area contributed by atoms with Crippen molar-refractivity contribution in [3.63, 3.8) is 0 Å². The molecule has 3 rings (SSSR count). The van der Waals surface area contributed by atoms with Gasteiger partial charge in [-0.25, -0.2) is 4.79 Å². The number of methoxy groups -OCH3 is 1. The Labute approximate surface area is 201 Å². The number of anilines is 1. The van der Waals surface area contributed by atoms with Gasteiger partial charge in [0.2, 0.25) is 5.91 Å². The second kappa shape index (κ2) is 11.7. The van der Waals surface area contributed by atoms with Gasteiger partial charge in [0.25, 0.3) is 0 Å². The molecule has 0 aliphatic carbocycles. The standard InChI is InChI=1S/C23H26N4O4S2/c1-5-11-27-19(13-16-7-9-17(30-4)10-8-16)25-26-23(27)32-14-20(28)24-21-18(12-15(3)33-21)22(29)31-6-2/h5,7-10,12H,1,6,11,13-14H2,2-4H3,(H,24,28). The van der Waals surface area contributed by atoms with Gasteiger partial charge in [-0.3, -0.25) is 4.79 Å². The zero-order chi connectivity index (χ0) is 23.8. The van der Waals surface area contributed by atoms with Crippen molar-refractivity contribution in [2.75, 3.05) is 24.8 Å². The van der Waals surface area contributed by atoms with Crippen LogP contribution in [0.5, 0.6) is 5.75 Å². The number of hydrogen-bond donors (Lipinski definition) is 1. The minimum atomic E-state index is -0.446. The quantitative estimate of drug-likeness (QED) is 0.245. The van der Waals surface area contributed by atoms with E-state index in [4.69, 9.17) is 9.47 Å². The van der Waals surface area contributed by atoms with Crippen LogP contribution in [0, 0.1) is 6.92 Å². The third-order valence-electron chi connectivity index (χ3n) is 4.56. The normalized spacial score (nSPS) is 10.6. The monoisotopic (exact) mass is 486 g/mol. The molecule has 0 radical (unpaired) electrons. The number of rotatable bonds is 11. The van der Waals surface area contributed by atoms with E-state index >= 15 is 0 Å². The van der Waals surface area contributed by atoms with E-state index in [-0.39, 0.29) is 18.3 Å². The van der Waals surface area contributed by atoms with Crippen molar-refractivity contribution >= 4 is 40.0 Å². The van der Waals surface area contributed by atoms with Crippen LogP contribution in [0.1, 0.15) is 33.5 Å². The van der Waals surface area contributed by atoms with E-state index in [0.717, 1.165) is 22.0 Å². The number of carbonyl (C=O) groups is 2. The number of esters is 1. The number of ether oxygens (including phenoxy) is 2. The van der Waals surface area contributed by atoms with E-state index in [1.54, 1.807) is 26.2 Å². The van der Waals surface area contributed by atoms with Crippen molar-refractivity contribution in [2.45, 2.75) is 32.0 Å². The third kappa shape index (κ3) is 6.45. The van der Waals surface area contributed by atoms with Crippen LogP contribution in [0.4, 0.5) is 5.00 Å². The van der Waals surface area contributed by atoms with E-state index in [0.29, 0.717) is 28.7 Å². The van der Waals surface area contributed by atoms with Gasteiger partial charge in [0, 0.05) is 17.8 Å². The second-order valence-corrected chi connectivity index (χ2v) is 9.18. The van der Waals surface area contributed by atoms with Gasteiger partial charge in [0.15, 0.2) is 5.16 Å². The number of thiophene rings is 1. The fourth-order valence-electron chi connectivity index (χ4n) is 3.06. The van der Waals surface area contributed by atoms with Crippen molar-refractivity contribution in [1.29, 1.82) is 0 Å². The summed E-state index contributed by atoms with van der Waals surface area (Å²) < 4.78 is 12.2. The number of aromatic nitrogens is 3. The zero-order valence-electron chi connectivity index (χ0n) is 18.8. The highest BCUT2D eigenvalue weighted by atomic mass is 32.2. The minimum absolute atomic E-state index is 0.122. The van der Waals surface area contributed by atoms with Gasteiger partial charge in [-0.2, -0.15) is 0 Å². The predicted octanol–water partition coefficient (Wildman–Crippen LogP) is 4.34. The van der Waals surface area contributed by atoms with Crippen LogP contribution in [0.25, 0.3) is 0 Å². The lowest BCUT2D eigenvalue weighted by Gasteiger charge is -2.09. The van der Waals surface area contributed by atoms with E-state index in [1.165, 1.54) is 23.1 Å². The molecule has 3 aromatic rings. The van der Waals surface area contributed by atoms with E-state index in [2.05, 4.69) is 22.1 Å². The van der Waals surface area contributed by atoms with Crippen LogP contribution < -0.4 is 10.1 Å². The maximum atomic E-state index is 12.6. The molecular weight excluding hydrogens is 460 g/mol. The van der Waals surface area contributed by atoms with Gasteiger partial charge in [0.1, 0.15) is 16.6 Å². The van der Waals surface area contributed by atoms with Crippen molar-refractivity contribution in [3.8, 4) is 5.75 Å². The Morgan fingerprint density at radius 3 is 2.70 bits per heavy atom. The summed E-state index contributed by atoms with van der Waals surface area (Å²) in [6.07, 6.45) is 2.36. The number of allylic oxidation sites excluding steroid dienone is 1. The summed E-state index contributed by atoms with van der Waals surface area (Å²) in [5.74, 6) is 1.01. The Morgan fingerprint density at radius 1 is 1.27 bits per heavy atom. The molecule has 0 aliphatic heterocycles. The molecule has 0 atom stereocenters. The maximum Gasteiger partial charge on any atom is 0.341 e. The van der Waals surface area contributed by atoms with Crippen molar-refractivity contribution in [3.05, 3.63) is 64.8 Å². The molecule has 0 spiro atoms. The number of amides is 1. The number of carbonyl (C=O) groups excluding carboxylic acids is 2. The number of benzene rings is 1. The largest absolute Gasteiger partial charge is 0.497 e. The van der Waals surface area contributed by atoms with Crippen LogP contribution in [-0.4, -0.2) is 46.1 Å². The van der Waals surface area contributed by atoms with Crippen molar-refractivity contribution < 1.29 is 19.1 Å². The van der Waals surface area contributed by atoms with Crippen LogP contribution in [0.2, 0.25) is 0 Å². The molecule has 0 aliphatic rings. The zero-order valence-corrected chi connectivity index (χ0v) is 20.4. The molecule has 2 aromatic heterocycles. The Bertz CT molecular complexity index is 1120. The molecule has 10 heteroatoms. The molecule has 0 unspecified atom stereocenters. The lowest BCUT2D eigenvalue weighted by molar-refractivity contribution is -0.113. The molecule has 0 fully saturated rings. The first-order valence-corrected chi connectivity index (χ1v) is 12.1. The number of nitrogens with one attached hydrogen (secondary N) is 1. The van der Waals surface area contributed by atoms with Gasteiger partial charge >= 0.3 is 5.97 Å². The minimum Gasteiger partial charge on any atom is -0.497 e. The molecule has 0 saturated carbocycles. The highest BCUT2D eigenvalue weighted by Gasteiger charge is 2.19. The molecule has 1 aromatic carbocycles. The summed E-state index contributed by atoms with van der Waals surface area (Å²) in [6.45, 7) is 8.24. The van der Waals surface area contributed by atoms with Gasteiger partial charge in [-0.1, -0.05) is 30.0 Å². The number of aryl methyl sites for hydroxylation is 1. The summed E-state index contributed by atoms with van der Waals surface area (Å²) in [6, 6.07) is 9.49. The topological polar surface area (TPSA) is 95.3 Å². The van der Waals surface area contributed by atoms with Gasteiger partial charge in [0.05, 0.1) is 25.0 Å². The Morgan fingerprint density at radius 2 is 2.03 bits per heavy atom. The molecule has 0 bridgehead atoms. The first kappa shape index (κ1) is 24.5. The average molecular weight is 487 g/mol. The van der Waals surface area contributed by atoms with Crippen molar-refractivity contribution in [2.24, 2.45) is 0 Å². The molecule has 8 nitrogen and oxygen atoms in total. The Hall–Kier alpha value is -3.11. The molecule has 1 amide bonds. The first-order chi connectivity index (χ1) is 15.9. The fraction of sp³-hybridized carbons (Fsp3) is 0.304. The number of thioether (sulfide) groups is 1. The van der Waals surface area contributed by atoms with Gasteiger partial charge in [-0.15, -0.1) is 28.1 Å². The summed E-state index contributed by atoms with van der Waals surface area (Å²) >= 11 is 2.62. The van der Waals surface area contributed by atoms with E-state index in [9.17, 15) is 9.59 Å². The molecule has 174 valence electrons.